The Labute approximate surface area is 157 Å². The first-order valence-corrected chi connectivity index (χ1v) is 10.6. The van der Waals surface area contributed by atoms with Gasteiger partial charge in [0.15, 0.2) is 5.82 Å². The van der Waals surface area contributed by atoms with Gasteiger partial charge in [-0.15, -0.1) is 0 Å². The molecule has 1 saturated heterocycles. The fourth-order valence-electron chi connectivity index (χ4n) is 3.14. The lowest BCUT2D eigenvalue weighted by Gasteiger charge is -2.13. The van der Waals surface area contributed by atoms with Crippen molar-refractivity contribution in [1.82, 2.24) is 14.9 Å². The van der Waals surface area contributed by atoms with Crippen molar-refractivity contribution < 1.29 is 17.7 Å². The van der Waals surface area contributed by atoms with E-state index in [0.717, 1.165) is 31.5 Å². The summed E-state index contributed by atoms with van der Waals surface area (Å²) in [5, 5.41) is 12.9. The highest BCUT2D eigenvalue weighted by atomic mass is 32.2. The van der Waals surface area contributed by atoms with Crippen LogP contribution in [0.1, 0.15) is 60.5 Å². The Bertz CT molecular complexity index is 962. The molecule has 1 aromatic carbocycles. The highest BCUT2D eigenvalue weighted by Crippen LogP contribution is 2.39. The molecule has 1 N–H and O–H groups in total. The van der Waals surface area contributed by atoms with E-state index < -0.39 is 10.0 Å². The van der Waals surface area contributed by atoms with Gasteiger partial charge in [0.2, 0.25) is 10.0 Å². The monoisotopic (exact) mass is 388 g/mol. The first-order chi connectivity index (χ1) is 13.0. The van der Waals surface area contributed by atoms with E-state index >= 15 is 0 Å². The molecule has 0 spiro atoms. The molecule has 142 valence electrons. The number of nitriles is 1. The van der Waals surface area contributed by atoms with Crippen LogP contribution in [0.5, 0.6) is 0 Å². The van der Waals surface area contributed by atoms with Crippen LogP contribution in [0.3, 0.4) is 0 Å². The largest absolute Gasteiger partial charge is 0.364 e. The Kier molecular flexibility index (Phi) is 4.95. The molecule has 0 radical (unpaired) electrons. The zero-order valence-electron chi connectivity index (χ0n) is 14.7. The summed E-state index contributed by atoms with van der Waals surface area (Å²) in [6.45, 7) is 0.195. The Hall–Kier alpha value is -2.28. The van der Waals surface area contributed by atoms with Crippen molar-refractivity contribution in [2.45, 2.75) is 49.6 Å². The quantitative estimate of drug-likeness (QED) is 0.772. The van der Waals surface area contributed by atoms with Crippen molar-refractivity contribution in [3.63, 3.8) is 0 Å². The fourth-order valence-corrected chi connectivity index (χ4v) is 4.30. The lowest BCUT2D eigenvalue weighted by atomic mass is 10.2. The van der Waals surface area contributed by atoms with Crippen molar-refractivity contribution in [2.24, 2.45) is 0 Å². The van der Waals surface area contributed by atoms with E-state index in [1.165, 1.54) is 0 Å². The summed E-state index contributed by atoms with van der Waals surface area (Å²) >= 11 is 0. The minimum Gasteiger partial charge on any atom is -0.364 e. The fraction of sp³-hybridized carbons (Fsp3) is 0.500. The number of benzene rings is 1. The standard InChI is InChI=1S/C18H20N4O4S/c19-9-12-2-1-3-13(8-12)11-27(23,24)20-10-15-6-7-16(25-15)18-21-17(22-26-18)14-4-5-14/h1-3,8,14-16,20H,4-7,10-11H2/t15-,16+/m1/s1. The number of ether oxygens (including phenoxy) is 1. The van der Waals surface area contributed by atoms with Crippen LogP contribution < -0.4 is 4.72 Å². The summed E-state index contributed by atoms with van der Waals surface area (Å²) in [5.74, 6) is 1.48. The SMILES string of the molecule is N#Cc1cccc(CS(=O)(=O)NC[C@H]2CC[C@@H](c3nc(C4CC4)no3)O2)c1. The van der Waals surface area contributed by atoms with E-state index in [4.69, 9.17) is 14.5 Å². The smallest absolute Gasteiger partial charge is 0.255 e. The molecule has 0 amide bonds. The number of hydrogen-bond acceptors (Lipinski definition) is 7. The number of hydrogen-bond donors (Lipinski definition) is 1. The maximum atomic E-state index is 12.3. The number of nitrogens with zero attached hydrogens (tertiary/aromatic N) is 3. The highest BCUT2D eigenvalue weighted by molar-refractivity contribution is 7.88. The van der Waals surface area contributed by atoms with Gasteiger partial charge in [0.25, 0.3) is 5.89 Å². The third kappa shape index (κ3) is 4.53. The molecule has 1 aliphatic heterocycles. The van der Waals surface area contributed by atoms with E-state index in [1.807, 2.05) is 6.07 Å². The van der Waals surface area contributed by atoms with Gasteiger partial charge in [0.1, 0.15) is 6.10 Å². The van der Waals surface area contributed by atoms with Crippen LogP contribution in [0.4, 0.5) is 0 Å². The van der Waals surface area contributed by atoms with Crippen LogP contribution in [-0.2, 0) is 20.5 Å². The van der Waals surface area contributed by atoms with E-state index in [1.54, 1.807) is 24.3 Å². The zero-order chi connectivity index (χ0) is 18.9. The predicted octanol–water partition coefficient (Wildman–Crippen LogP) is 2.16. The molecular formula is C18H20N4O4S. The molecule has 4 rings (SSSR count). The number of nitrogens with one attached hydrogen (secondary N) is 1. The number of sulfonamides is 1. The number of aromatic nitrogens is 2. The van der Waals surface area contributed by atoms with Crippen LogP contribution >= 0.6 is 0 Å². The Morgan fingerprint density at radius 2 is 2.11 bits per heavy atom. The van der Waals surface area contributed by atoms with E-state index in [2.05, 4.69) is 14.9 Å². The number of rotatable bonds is 7. The average molecular weight is 388 g/mol. The zero-order valence-corrected chi connectivity index (χ0v) is 15.5. The Morgan fingerprint density at radius 3 is 2.89 bits per heavy atom. The topological polar surface area (TPSA) is 118 Å². The second-order valence-corrected chi connectivity index (χ2v) is 8.82. The van der Waals surface area contributed by atoms with E-state index in [9.17, 15) is 8.42 Å². The lowest BCUT2D eigenvalue weighted by Crippen LogP contribution is -2.32. The van der Waals surface area contributed by atoms with Gasteiger partial charge in [-0.2, -0.15) is 10.2 Å². The van der Waals surface area contributed by atoms with Crippen molar-refractivity contribution in [2.75, 3.05) is 6.54 Å². The molecule has 1 aliphatic carbocycles. The summed E-state index contributed by atoms with van der Waals surface area (Å²) in [5.41, 5.74) is 1.01. The van der Waals surface area contributed by atoms with Crippen molar-refractivity contribution >= 4 is 10.0 Å². The minimum absolute atomic E-state index is 0.174. The minimum atomic E-state index is -3.52. The van der Waals surface area contributed by atoms with Crippen LogP contribution in [-0.4, -0.2) is 31.2 Å². The maximum absolute atomic E-state index is 12.3. The molecule has 2 aromatic rings. The predicted molar refractivity (Wildman–Crippen MR) is 94.9 cm³/mol. The molecule has 0 unspecified atom stereocenters. The van der Waals surface area contributed by atoms with Gasteiger partial charge in [0, 0.05) is 12.5 Å². The Morgan fingerprint density at radius 1 is 1.26 bits per heavy atom. The lowest BCUT2D eigenvalue weighted by molar-refractivity contribution is 0.0290. The molecule has 1 saturated carbocycles. The molecule has 2 heterocycles. The molecule has 2 fully saturated rings. The van der Waals surface area contributed by atoms with Gasteiger partial charge in [-0.1, -0.05) is 17.3 Å². The molecule has 27 heavy (non-hydrogen) atoms. The van der Waals surface area contributed by atoms with Gasteiger partial charge in [0.05, 0.1) is 23.5 Å². The van der Waals surface area contributed by atoms with Crippen molar-refractivity contribution in [3.8, 4) is 6.07 Å². The van der Waals surface area contributed by atoms with Crippen molar-refractivity contribution in [3.05, 3.63) is 47.1 Å². The van der Waals surface area contributed by atoms with E-state index in [-0.39, 0.29) is 24.5 Å². The van der Waals surface area contributed by atoms with Gasteiger partial charge < -0.3 is 9.26 Å². The Balaban J connectivity index is 1.29. The normalized spacial score (nSPS) is 22.6. The van der Waals surface area contributed by atoms with Gasteiger partial charge in [-0.05, 0) is 43.4 Å². The van der Waals surface area contributed by atoms with Gasteiger partial charge >= 0.3 is 0 Å². The second-order valence-electron chi connectivity index (χ2n) is 7.01. The molecule has 0 bridgehead atoms. The molecule has 2 atom stereocenters. The first kappa shape index (κ1) is 18.1. The average Bonchev–Trinajstić information content (AvgIpc) is 3.19. The van der Waals surface area contributed by atoms with Crippen LogP contribution in [0, 0.1) is 11.3 Å². The molecule has 1 aromatic heterocycles. The molecular weight excluding hydrogens is 368 g/mol. The summed E-state index contributed by atoms with van der Waals surface area (Å²) in [7, 11) is -3.52. The maximum Gasteiger partial charge on any atom is 0.255 e. The highest BCUT2D eigenvalue weighted by Gasteiger charge is 2.34. The summed E-state index contributed by atoms with van der Waals surface area (Å²) < 4.78 is 38.4. The summed E-state index contributed by atoms with van der Waals surface area (Å²) in [4.78, 5) is 4.40. The molecule has 9 heteroatoms. The van der Waals surface area contributed by atoms with Gasteiger partial charge in [-0.3, -0.25) is 0 Å². The van der Waals surface area contributed by atoms with Crippen LogP contribution in [0.2, 0.25) is 0 Å². The van der Waals surface area contributed by atoms with Gasteiger partial charge in [-0.25, -0.2) is 13.1 Å². The second kappa shape index (κ2) is 7.38. The third-order valence-electron chi connectivity index (χ3n) is 4.73. The van der Waals surface area contributed by atoms with E-state index in [0.29, 0.717) is 22.9 Å². The van der Waals surface area contributed by atoms with Crippen LogP contribution in [0.25, 0.3) is 0 Å². The summed E-state index contributed by atoms with van der Waals surface area (Å²) in [6, 6.07) is 8.59. The molecule has 2 aliphatic rings. The summed E-state index contributed by atoms with van der Waals surface area (Å²) in [6.07, 6.45) is 3.15. The van der Waals surface area contributed by atoms with Crippen LogP contribution in [0.15, 0.2) is 28.8 Å². The third-order valence-corrected chi connectivity index (χ3v) is 6.05. The molecule has 8 nitrogen and oxygen atoms in total. The van der Waals surface area contributed by atoms with Crippen molar-refractivity contribution in [1.29, 1.82) is 5.26 Å². The first-order valence-electron chi connectivity index (χ1n) is 8.98.